The largest absolute Gasteiger partial charge is 0.377 e. The van der Waals surface area contributed by atoms with Gasteiger partial charge in [-0.25, -0.2) is 8.78 Å². The molecule has 0 aliphatic heterocycles. The fourth-order valence-corrected chi connectivity index (χ4v) is 1.26. The number of benzene rings is 1. The van der Waals surface area contributed by atoms with Crippen molar-refractivity contribution < 1.29 is 13.5 Å². The fraction of sp³-hybridized carbons (Fsp3) is 0.455. The van der Waals surface area contributed by atoms with Gasteiger partial charge in [0.25, 0.3) is 0 Å². The van der Waals surface area contributed by atoms with Crippen molar-refractivity contribution in [1.82, 2.24) is 0 Å². The molecule has 2 nitrogen and oxygen atoms in total. The van der Waals surface area contributed by atoms with Crippen LogP contribution >= 0.6 is 0 Å². The second-order valence-electron chi connectivity index (χ2n) is 3.93. The third-order valence-corrected chi connectivity index (χ3v) is 2.59. The second-order valence-corrected chi connectivity index (χ2v) is 3.93. The van der Waals surface area contributed by atoms with Crippen molar-refractivity contribution in [2.45, 2.75) is 25.5 Å². The lowest BCUT2D eigenvalue weighted by molar-refractivity contribution is -0.00103. The molecule has 4 heteroatoms. The monoisotopic (exact) mass is 215 g/mol. The topological polar surface area (TPSA) is 35.2 Å². The number of nitrogens with two attached hydrogens (primary N) is 1. The van der Waals surface area contributed by atoms with Gasteiger partial charge >= 0.3 is 0 Å². The van der Waals surface area contributed by atoms with E-state index in [1.807, 2.05) is 0 Å². The summed E-state index contributed by atoms with van der Waals surface area (Å²) in [4.78, 5) is 0. The molecule has 0 heterocycles. The molecular weight excluding hydrogens is 200 g/mol. The quantitative estimate of drug-likeness (QED) is 0.840. The van der Waals surface area contributed by atoms with E-state index in [2.05, 4.69) is 0 Å². The van der Waals surface area contributed by atoms with E-state index in [1.54, 1.807) is 13.8 Å². The molecule has 1 aromatic carbocycles. The van der Waals surface area contributed by atoms with Crippen LogP contribution in [0.25, 0.3) is 0 Å². The molecule has 0 amide bonds. The highest BCUT2D eigenvalue weighted by atomic mass is 19.2. The van der Waals surface area contributed by atoms with Crippen molar-refractivity contribution in [2.75, 3.05) is 7.11 Å². The molecule has 0 spiro atoms. The van der Waals surface area contributed by atoms with Gasteiger partial charge in [0.1, 0.15) is 0 Å². The molecule has 0 fully saturated rings. The van der Waals surface area contributed by atoms with Crippen molar-refractivity contribution in [2.24, 2.45) is 5.73 Å². The van der Waals surface area contributed by atoms with Crippen molar-refractivity contribution in [3.63, 3.8) is 0 Å². The van der Waals surface area contributed by atoms with Crippen molar-refractivity contribution in [1.29, 1.82) is 0 Å². The molecule has 0 radical (unpaired) electrons. The standard InChI is InChI=1S/C11H15F2NO/c1-11(2,15-3)10(14)7-5-4-6-8(12)9(7)13/h4-6,10H,14H2,1-3H3. The smallest absolute Gasteiger partial charge is 0.163 e. The highest BCUT2D eigenvalue weighted by Crippen LogP contribution is 2.28. The lowest BCUT2D eigenvalue weighted by atomic mass is 9.92. The third kappa shape index (κ3) is 2.33. The van der Waals surface area contributed by atoms with Crippen LogP contribution in [0, 0.1) is 11.6 Å². The van der Waals surface area contributed by atoms with E-state index in [0.29, 0.717) is 0 Å². The summed E-state index contributed by atoms with van der Waals surface area (Å²) in [6.07, 6.45) is 0. The summed E-state index contributed by atoms with van der Waals surface area (Å²) in [5, 5.41) is 0. The summed E-state index contributed by atoms with van der Waals surface area (Å²) in [6, 6.07) is 3.24. The van der Waals surface area contributed by atoms with E-state index in [-0.39, 0.29) is 5.56 Å². The van der Waals surface area contributed by atoms with Crippen LogP contribution < -0.4 is 5.73 Å². The molecule has 0 saturated heterocycles. The Morgan fingerprint density at radius 2 is 1.93 bits per heavy atom. The first-order valence-corrected chi connectivity index (χ1v) is 4.65. The summed E-state index contributed by atoms with van der Waals surface area (Å²) in [5.41, 5.74) is 5.21. The van der Waals surface area contributed by atoms with Crippen LogP contribution in [0.3, 0.4) is 0 Å². The maximum Gasteiger partial charge on any atom is 0.163 e. The summed E-state index contributed by atoms with van der Waals surface area (Å²) >= 11 is 0. The summed E-state index contributed by atoms with van der Waals surface area (Å²) in [7, 11) is 1.48. The molecule has 2 N–H and O–H groups in total. The second kappa shape index (κ2) is 4.24. The molecular formula is C11H15F2NO. The van der Waals surface area contributed by atoms with Gasteiger partial charge in [0, 0.05) is 12.7 Å². The van der Waals surface area contributed by atoms with Crippen molar-refractivity contribution in [3.8, 4) is 0 Å². The Kier molecular flexibility index (Phi) is 3.42. The zero-order valence-electron chi connectivity index (χ0n) is 9.05. The number of ether oxygens (including phenoxy) is 1. The number of rotatable bonds is 3. The van der Waals surface area contributed by atoms with Crippen LogP contribution in [-0.4, -0.2) is 12.7 Å². The molecule has 84 valence electrons. The van der Waals surface area contributed by atoms with Crippen molar-refractivity contribution >= 4 is 0 Å². The molecule has 15 heavy (non-hydrogen) atoms. The van der Waals surface area contributed by atoms with Gasteiger partial charge in [0.15, 0.2) is 11.6 Å². The minimum absolute atomic E-state index is 0.127. The average molecular weight is 215 g/mol. The first-order chi connectivity index (χ1) is 6.90. The summed E-state index contributed by atoms with van der Waals surface area (Å²) in [5.74, 6) is -1.80. The Balaban J connectivity index is 3.12. The maximum atomic E-state index is 13.4. The Labute approximate surface area is 88.0 Å². The minimum atomic E-state index is -0.907. The first-order valence-electron chi connectivity index (χ1n) is 4.65. The van der Waals surface area contributed by atoms with E-state index in [0.717, 1.165) is 6.07 Å². The van der Waals surface area contributed by atoms with Crippen LogP contribution in [0.2, 0.25) is 0 Å². The number of hydrogen-bond acceptors (Lipinski definition) is 2. The van der Waals surface area contributed by atoms with E-state index in [4.69, 9.17) is 10.5 Å². The molecule has 1 rings (SSSR count). The van der Waals surface area contributed by atoms with E-state index in [1.165, 1.54) is 19.2 Å². The Morgan fingerprint density at radius 1 is 1.33 bits per heavy atom. The van der Waals surface area contributed by atoms with E-state index < -0.39 is 23.3 Å². The van der Waals surface area contributed by atoms with Gasteiger partial charge in [-0.3, -0.25) is 0 Å². The van der Waals surface area contributed by atoms with Crippen LogP contribution in [0.4, 0.5) is 8.78 Å². The molecule has 1 atom stereocenters. The third-order valence-electron chi connectivity index (χ3n) is 2.59. The Hall–Kier alpha value is -1.00. The zero-order chi connectivity index (χ0) is 11.6. The average Bonchev–Trinajstić information content (AvgIpc) is 2.21. The van der Waals surface area contributed by atoms with Crippen LogP contribution in [0.1, 0.15) is 25.5 Å². The molecule has 0 aliphatic carbocycles. The first kappa shape index (κ1) is 12.1. The van der Waals surface area contributed by atoms with Gasteiger partial charge in [-0.15, -0.1) is 0 Å². The Bertz CT molecular complexity index is 352. The van der Waals surface area contributed by atoms with Crippen molar-refractivity contribution in [3.05, 3.63) is 35.4 Å². The Morgan fingerprint density at radius 3 is 2.47 bits per heavy atom. The van der Waals surface area contributed by atoms with Crippen LogP contribution in [-0.2, 0) is 4.74 Å². The van der Waals surface area contributed by atoms with Crippen LogP contribution in [0.15, 0.2) is 18.2 Å². The highest BCUT2D eigenvalue weighted by Gasteiger charge is 2.30. The van der Waals surface area contributed by atoms with Gasteiger partial charge in [-0.2, -0.15) is 0 Å². The van der Waals surface area contributed by atoms with E-state index in [9.17, 15) is 8.78 Å². The fourth-order valence-electron chi connectivity index (χ4n) is 1.26. The molecule has 0 bridgehead atoms. The van der Waals surface area contributed by atoms with Gasteiger partial charge in [-0.05, 0) is 19.9 Å². The lowest BCUT2D eigenvalue weighted by Gasteiger charge is -2.30. The van der Waals surface area contributed by atoms with Gasteiger partial charge in [0.2, 0.25) is 0 Å². The normalized spacial score (nSPS) is 14.0. The molecule has 1 unspecified atom stereocenters. The SMILES string of the molecule is COC(C)(C)C(N)c1cccc(F)c1F. The number of halogens is 2. The highest BCUT2D eigenvalue weighted by molar-refractivity contribution is 5.24. The minimum Gasteiger partial charge on any atom is -0.377 e. The molecule has 0 aliphatic rings. The predicted octanol–water partition coefficient (Wildman–Crippen LogP) is 2.39. The summed E-state index contributed by atoms with van der Waals surface area (Å²) < 4.78 is 31.5. The van der Waals surface area contributed by atoms with Gasteiger partial charge in [-0.1, -0.05) is 12.1 Å². The molecule has 1 aromatic rings. The predicted molar refractivity (Wildman–Crippen MR) is 54.4 cm³/mol. The van der Waals surface area contributed by atoms with Gasteiger partial charge in [0.05, 0.1) is 11.6 Å². The number of methoxy groups -OCH3 is 1. The molecule has 0 aromatic heterocycles. The maximum absolute atomic E-state index is 13.4. The summed E-state index contributed by atoms with van der Waals surface area (Å²) in [6.45, 7) is 3.45. The zero-order valence-corrected chi connectivity index (χ0v) is 9.05. The van der Waals surface area contributed by atoms with Gasteiger partial charge < -0.3 is 10.5 Å². The van der Waals surface area contributed by atoms with Crippen LogP contribution in [0.5, 0.6) is 0 Å². The molecule has 0 saturated carbocycles. The van der Waals surface area contributed by atoms with E-state index >= 15 is 0 Å². The number of hydrogen-bond donors (Lipinski definition) is 1. The lowest BCUT2D eigenvalue weighted by Crippen LogP contribution is -2.37.